The predicted molar refractivity (Wildman–Crippen MR) is 112 cm³/mol. The van der Waals surface area contributed by atoms with Crippen molar-refractivity contribution in [3.8, 4) is 5.75 Å². The van der Waals surface area contributed by atoms with Gasteiger partial charge in [-0.1, -0.05) is 52.2 Å². The van der Waals surface area contributed by atoms with Crippen LogP contribution >= 0.6 is 0 Å². The lowest BCUT2D eigenvalue weighted by Crippen LogP contribution is -2.63. The van der Waals surface area contributed by atoms with Crippen LogP contribution in [-0.4, -0.2) is 36.9 Å². The maximum absolute atomic E-state index is 13.1. The first-order chi connectivity index (χ1) is 13.7. The molecule has 0 saturated heterocycles. The summed E-state index contributed by atoms with van der Waals surface area (Å²) in [4.78, 5) is 37.1. The number of methoxy groups -OCH3 is 1. The fourth-order valence-electron chi connectivity index (χ4n) is 3.55. The van der Waals surface area contributed by atoms with Gasteiger partial charge in [-0.25, -0.2) is 4.79 Å². The highest BCUT2D eigenvalue weighted by atomic mass is 16.5. The molecule has 1 aliphatic carbocycles. The molecule has 1 unspecified atom stereocenters. The highest BCUT2D eigenvalue weighted by Crippen LogP contribution is 2.29. The minimum atomic E-state index is -0.966. The lowest BCUT2D eigenvalue weighted by atomic mass is 9.80. The molecule has 7 heteroatoms. The number of urea groups is 1. The zero-order valence-corrected chi connectivity index (χ0v) is 17.8. The summed E-state index contributed by atoms with van der Waals surface area (Å²) in [5, 5.41) is 8.55. The van der Waals surface area contributed by atoms with Crippen molar-refractivity contribution in [2.24, 2.45) is 5.41 Å². The van der Waals surface area contributed by atoms with Crippen LogP contribution < -0.4 is 20.7 Å². The van der Waals surface area contributed by atoms with Crippen LogP contribution in [0.5, 0.6) is 5.75 Å². The number of hydrogen-bond donors (Lipinski definition) is 3. The zero-order chi connectivity index (χ0) is 21.5. The van der Waals surface area contributed by atoms with Gasteiger partial charge in [0, 0.05) is 6.54 Å². The van der Waals surface area contributed by atoms with Gasteiger partial charge in [0.05, 0.1) is 13.2 Å². The van der Waals surface area contributed by atoms with E-state index in [1.54, 1.807) is 7.11 Å². The molecular weight excluding hydrogens is 370 g/mol. The van der Waals surface area contributed by atoms with Crippen LogP contribution in [0.15, 0.2) is 24.3 Å². The molecule has 0 aliphatic heterocycles. The molecule has 3 amide bonds. The van der Waals surface area contributed by atoms with Gasteiger partial charge in [0.25, 0.3) is 0 Å². The van der Waals surface area contributed by atoms with Gasteiger partial charge in [-0.3, -0.25) is 4.79 Å². The number of carbonyl (C=O) groups excluding carboxylic acids is 3. The van der Waals surface area contributed by atoms with Gasteiger partial charge >= 0.3 is 6.03 Å². The van der Waals surface area contributed by atoms with Crippen LogP contribution in [0.3, 0.4) is 0 Å². The molecule has 7 nitrogen and oxygen atoms in total. The minimum Gasteiger partial charge on any atom is -0.497 e. The second-order valence-corrected chi connectivity index (χ2v) is 8.76. The van der Waals surface area contributed by atoms with Gasteiger partial charge in [-0.05, 0) is 36.0 Å². The van der Waals surface area contributed by atoms with E-state index >= 15 is 0 Å². The van der Waals surface area contributed by atoms with Gasteiger partial charge in [0.15, 0.2) is 0 Å². The summed E-state index contributed by atoms with van der Waals surface area (Å²) in [7, 11) is 1.60. The number of rotatable bonds is 7. The van der Waals surface area contributed by atoms with Gasteiger partial charge in [-0.15, -0.1) is 0 Å². The number of aldehydes is 1. The normalized spacial score (nSPS) is 17.0. The van der Waals surface area contributed by atoms with Gasteiger partial charge in [-0.2, -0.15) is 0 Å². The highest BCUT2D eigenvalue weighted by molar-refractivity contribution is 5.91. The van der Waals surface area contributed by atoms with E-state index in [4.69, 9.17) is 4.74 Å². The second-order valence-electron chi connectivity index (χ2n) is 8.76. The molecule has 0 spiro atoms. The van der Waals surface area contributed by atoms with Gasteiger partial charge < -0.3 is 25.5 Å². The Hall–Kier alpha value is -2.57. The number of carbonyl (C=O) groups is 3. The van der Waals surface area contributed by atoms with Crippen molar-refractivity contribution in [1.82, 2.24) is 16.0 Å². The Morgan fingerprint density at radius 3 is 2.48 bits per heavy atom. The van der Waals surface area contributed by atoms with E-state index in [0.717, 1.165) is 36.9 Å². The van der Waals surface area contributed by atoms with Crippen molar-refractivity contribution in [1.29, 1.82) is 0 Å². The first kappa shape index (κ1) is 22.7. The molecule has 1 aromatic carbocycles. The van der Waals surface area contributed by atoms with Crippen LogP contribution in [0.4, 0.5) is 4.79 Å². The first-order valence-corrected chi connectivity index (χ1v) is 10.2. The summed E-state index contributed by atoms with van der Waals surface area (Å²) in [6.07, 6.45) is 4.65. The fraction of sp³-hybridized carbons (Fsp3) is 0.591. The molecule has 0 aromatic heterocycles. The number of ether oxygens (including phenoxy) is 1. The van der Waals surface area contributed by atoms with E-state index in [-0.39, 0.29) is 5.91 Å². The summed E-state index contributed by atoms with van der Waals surface area (Å²) >= 11 is 0. The largest absolute Gasteiger partial charge is 0.497 e. The third-order valence-electron chi connectivity index (χ3n) is 5.44. The average Bonchev–Trinajstić information content (AvgIpc) is 2.70. The monoisotopic (exact) mass is 403 g/mol. The van der Waals surface area contributed by atoms with Gasteiger partial charge in [0.2, 0.25) is 5.91 Å². The third kappa shape index (κ3) is 6.21. The molecule has 1 atom stereocenters. The average molecular weight is 404 g/mol. The van der Waals surface area contributed by atoms with Crippen LogP contribution in [-0.2, 0) is 16.1 Å². The van der Waals surface area contributed by atoms with Crippen molar-refractivity contribution in [3.05, 3.63) is 29.8 Å². The van der Waals surface area contributed by atoms with E-state index in [0.29, 0.717) is 19.4 Å². The van der Waals surface area contributed by atoms with E-state index in [1.165, 1.54) is 0 Å². The Labute approximate surface area is 173 Å². The molecule has 1 aliphatic rings. The maximum Gasteiger partial charge on any atom is 0.316 e. The predicted octanol–water partition coefficient (Wildman–Crippen LogP) is 2.93. The maximum atomic E-state index is 13.1. The Bertz CT molecular complexity index is 721. The highest BCUT2D eigenvalue weighted by Gasteiger charge is 2.41. The molecule has 29 heavy (non-hydrogen) atoms. The molecule has 0 bridgehead atoms. The summed E-state index contributed by atoms with van der Waals surface area (Å²) < 4.78 is 5.22. The Morgan fingerprint density at radius 1 is 1.21 bits per heavy atom. The van der Waals surface area contributed by atoms with Crippen LogP contribution in [0, 0.1) is 5.41 Å². The molecular formula is C22H33N3O4. The molecule has 160 valence electrons. The molecule has 1 saturated carbocycles. The SMILES string of the molecule is COc1cccc(CNC(=O)C2(NC(=O)NC(C=O)C(C)(C)C)CCCCC2)c1. The smallest absolute Gasteiger partial charge is 0.316 e. The number of amides is 3. The fourth-order valence-corrected chi connectivity index (χ4v) is 3.55. The quantitative estimate of drug-likeness (QED) is 0.610. The lowest BCUT2D eigenvalue weighted by molar-refractivity contribution is -0.128. The molecule has 1 fully saturated rings. The molecule has 0 heterocycles. The Morgan fingerprint density at radius 2 is 1.90 bits per heavy atom. The number of nitrogens with one attached hydrogen (secondary N) is 3. The second kappa shape index (κ2) is 9.76. The molecule has 3 N–H and O–H groups in total. The summed E-state index contributed by atoms with van der Waals surface area (Å²) in [5.74, 6) is 0.525. The van der Waals surface area contributed by atoms with E-state index in [9.17, 15) is 14.4 Å². The van der Waals surface area contributed by atoms with E-state index in [1.807, 2.05) is 45.0 Å². The Kier molecular flexibility index (Phi) is 7.65. The topological polar surface area (TPSA) is 96.5 Å². The van der Waals surface area contributed by atoms with Crippen LogP contribution in [0.25, 0.3) is 0 Å². The van der Waals surface area contributed by atoms with Crippen LogP contribution in [0.2, 0.25) is 0 Å². The number of benzene rings is 1. The zero-order valence-electron chi connectivity index (χ0n) is 17.8. The van der Waals surface area contributed by atoms with Crippen molar-refractivity contribution in [2.75, 3.05) is 7.11 Å². The van der Waals surface area contributed by atoms with Gasteiger partial charge in [0.1, 0.15) is 17.6 Å². The van der Waals surface area contributed by atoms with E-state index < -0.39 is 23.0 Å². The van der Waals surface area contributed by atoms with Crippen molar-refractivity contribution < 1.29 is 19.1 Å². The molecule has 2 rings (SSSR count). The van der Waals surface area contributed by atoms with Crippen molar-refractivity contribution >= 4 is 18.2 Å². The van der Waals surface area contributed by atoms with Crippen molar-refractivity contribution in [2.45, 2.75) is 71.0 Å². The van der Waals surface area contributed by atoms with E-state index in [2.05, 4.69) is 16.0 Å². The molecule has 0 radical (unpaired) electrons. The van der Waals surface area contributed by atoms with Crippen molar-refractivity contribution in [3.63, 3.8) is 0 Å². The third-order valence-corrected chi connectivity index (χ3v) is 5.44. The summed E-state index contributed by atoms with van der Waals surface area (Å²) in [6.45, 7) is 5.98. The Balaban J connectivity index is 2.07. The molecule has 1 aromatic rings. The first-order valence-electron chi connectivity index (χ1n) is 10.2. The number of hydrogen-bond acceptors (Lipinski definition) is 4. The minimum absolute atomic E-state index is 0.200. The summed E-state index contributed by atoms with van der Waals surface area (Å²) in [5.41, 5.74) is -0.457. The summed E-state index contributed by atoms with van der Waals surface area (Å²) in [6, 6.07) is 6.37. The lowest BCUT2D eigenvalue weighted by Gasteiger charge is -2.37. The standard InChI is InChI=1S/C22H33N3O4/c1-21(2,3)18(15-26)24-20(28)25-22(11-6-5-7-12-22)19(27)23-14-16-9-8-10-17(13-16)29-4/h8-10,13,15,18H,5-7,11-12,14H2,1-4H3,(H,23,27)(H2,24,25,28). The van der Waals surface area contributed by atoms with Crippen LogP contribution in [0.1, 0.15) is 58.4 Å².